The SMILES string of the molecule is Cc1ccc(C)c(OCC(O)CNCC2CCCN2C)c1. The van der Waals surface area contributed by atoms with Crippen molar-refractivity contribution in [3.05, 3.63) is 29.3 Å². The van der Waals surface area contributed by atoms with Crippen LogP contribution in [-0.4, -0.2) is 55.4 Å². The number of hydrogen-bond acceptors (Lipinski definition) is 4. The number of likely N-dealkylation sites (tertiary alicyclic amines) is 1. The number of benzene rings is 1. The van der Waals surface area contributed by atoms with Gasteiger partial charge in [0.25, 0.3) is 0 Å². The summed E-state index contributed by atoms with van der Waals surface area (Å²) < 4.78 is 5.72. The smallest absolute Gasteiger partial charge is 0.122 e. The van der Waals surface area contributed by atoms with Crippen molar-refractivity contribution in [1.29, 1.82) is 0 Å². The Morgan fingerprint density at radius 3 is 2.95 bits per heavy atom. The fourth-order valence-corrected chi connectivity index (χ4v) is 2.76. The van der Waals surface area contributed by atoms with Crippen molar-refractivity contribution in [2.45, 2.75) is 38.8 Å². The molecule has 1 fully saturated rings. The van der Waals surface area contributed by atoms with E-state index in [0.29, 0.717) is 19.2 Å². The monoisotopic (exact) mass is 292 g/mol. The zero-order valence-electron chi connectivity index (χ0n) is 13.4. The maximum Gasteiger partial charge on any atom is 0.122 e. The van der Waals surface area contributed by atoms with E-state index in [2.05, 4.69) is 23.3 Å². The first-order valence-corrected chi connectivity index (χ1v) is 7.85. The van der Waals surface area contributed by atoms with E-state index < -0.39 is 6.10 Å². The highest BCUT2D eigenvalue weighted by Gasteiger charge is 2.20. The number of hydrogen-bond donors (Lipinski definition) is 2. The number of nitrogens with zero attached hydrogens (tertiary/aromatic N) is 1. The standard InChI is InChI=1S/C17H28N2O2/c1-13-6-7-14(2)17(9-13)21-12-16(20)11-18-10-15-5-4-8-19(15)3/h6-7,9,15-16,18,20H,4-5,8,10-12H2,1-3H3. The second-order valence-electron chi connectivity index (χ2n) is 6.17. The lowest BCUT2D eigenvalue weighted by Crippen LogP contribution is -2.39. The van der Waals surface area contributed by atoms with Crippen LogP contribution in [0, 0.1) is 13.8 Å². The van der Waals surface area contributed by atoms with Crippen LogP contribution >= 0.6 is 0 Å². The van der Waals surface area contributed by atoms with Gasteiger partial charge in [0.05, 0.1) is 0 Å². The lowest BCUT2D eigenvalue weighted by atomic mass is 10.1. The summed E-state index contributed by atoms with van der Waals surface area (Å²) >= 11 is 0. The van der Waals surface area contributed by atoms with Crippen molar-refractivity contribution < 1.29 is 9.84 Å². The van der Waals surface area contributed by atoms with Gasteiger partial charge < -0.3 is 20.1 Å². The summed E-state index contributed by atoms with van der Waals surface area (Å²) in [7, 11) is 2.17. The normalized spacial score (nSPS) is 20.7. The van der Waals surface area contributed by atoms with Crippen LogP contribution in [0.2, 0.25) is 0 Å². The van der Waals surface area contributed by atoms with Crippen molar-refractivity contribution in [3.8, 4) is 5.75 Å². The van der Waals surface area contributed by atoms with Gasteiger partial charge in [-0.25, -0.2) is 0 Å². The van der Waals surface area contributed by atoms with Crippen molar-refractivity contribution in [2.75, 3.05) is 33.3 Å². The van der Waals surface area contributed by atoms with Crippen LogP contribution in [0.1, 0.15) is 24.0 Å². The van der Waals surface area contributed by atoms with Crippen LogP contribution in [0.4, 0.5) is 0 Å². The molecule has 4 heteroatoms. The van der Waals surface area contributed by atoms with Gasteiger partial charge in [-0.05, 0) is 57.5 Å². The van der Waals surface area contributed by atoms with Gasteiger partial charge in [-0.1, -0.05) is 12.1 Å². The molecule has 0 amide bonds. The molecule has 2 atom stereocenters. The van der Waals surface area contributed by atoms with Crippen LogP contribution in [0.15, 0.2) is 18.2 Å². The molecule has 4 nitrogen and oxygen atoms in total. The van der Waals surface area contributed by atoms with Crippen LogP contribution in [0.3, 0.4) is 0 Å². The third kappa shape index (κ3) is 4.99. The highest BCUT2D eigenvalue weighted by atomic mass is 16.5. The Morgan fingerprint density at radius 1 is 1.43 bits per heavy atom. The Kier molecular flexibility index (Phi) is 6.03. The molecule has 1 aliphatic heterocycles. The Bertz CT molecular complexity index is 450. The Morgan fingerprint density at radius 2 is 2.24 bits per heavy atom. The van der Waals surface area contributed by atoms with Crippen molar-refractivity contribution in [2.24, 2.45) is 0 Å². The molecule has 2 rings (SSSR count). The fourth-order valence-electron chi connectivity index (χ4n) is 2.76. The third-order valence-electron chi connectivity index (χ3n) is 4.21. The minimum Gasteiger partial charge on any atom is -0.491 e. The van der Waals surface area contributed by atoms with E-state index in [9.17, 15) is 5.11 Å². The lowest BCUT2D eigenvalue weighted by molar-refractivity contribution is 0.104. The van der Waals surface area contributed by atoms with Crippen molar-refractivity contribution >= 4 is 0 Å². The third-order valence-corrected chi connectivity index (χ3v) is 4.21. The largest absolute Gasteiger partial charge is 0.491 e. The van der Waals surface area contributed by atoms with Gasteiger partial charge in [-0.3, -0.25) is 0 Å². The quantitative estimate of drug-likeness (QED) is 0.803. The van der Waals surface area contributed by atoms with E-state index in [0.717, 1.165) is 17.9 Å². The summed E-state index contributed by atoms with van der Waals surface area (Å²) in [5, 5.41) is 13.4. The molecule has 1 heterocycles. The highest BCUT2D eigenvalue weighted by molar-refractivity contribution is 5.35. The summed E-state index contributed by atoms with van der Waals surface area (Å²) in [5.41, 5.74) is 2.28. The molecule has 0 saturated carbocycles. The van der Waals surface area contributed by atoms with Gasteiger partial charge >= 0.3 is 0 Å². The zero-order chi connectivity index (χ0) is 15.2. The minimum absolute atomic E-state index is 0.331. The molecule has 2 unspecified atom stereocenters. The number of aliphatic hydroxyl groups excluding tert-OH is 1. The van der Waals surface area contributed by atoms with Crippen molar-refractivity contribution in [1.82, 2.24) is 10.2 Å². The van der Waals surface area contributed by atoms with Gasteiger partial charge in [0.1, 0.15) is 18.5 Å². The maximum atomic E-state index is 10.0. The summed E-state index contributed by atoms with van der Waals surface area (Å²) in [6, 6.07) is 6.74. The van der Waals surface area contributed by atoms with Crippen LogP contribution in [0.25, 0.3) is 0 Å². The molecular formula is C17H28N2O2. The van der Waals surface area contributed by atoms with Gasteiger partial charge in [0.2, 0.25) is 0 Å². The molecule has 21 heavy (non-hydrogen) atoms. The molecule has 0 spiro atoms. The Balaban J connectivity index is 1.67. The number of likely N-dealkylation sites (N-methyl/N-ethyl adjacent to an activating group) is 1. The zero-order valence-corrected chi connectivity index (χ0v) is 13.4. The first-order chi connectivity index (χ1) is 10.1. The van der Waals surface area contributed by atoms with Crippen molar-refractivity contribution in [3.63, 3.8) is 0 Å². The number of aryl methyl sites for hydroxylation is 2. The molecule has 0 aliphatic carbocycles. The average molecular weight is 292 g/mol. The van der Waals surface area contributed by atoms with Crippen LogP contribution in [0.5, 0.6) is 5.75 Å². The maximum absolute atomic E-state index is 10.0. The summed E-state index contributed by atoms with van der Waals surface area (Å²) in [5.74, 6) is 0.865. The van der Waals surface area contributed by atoms with E-state index in [-0.39, 0.29) is 0 Å². The first-order valence-electron chi connectivity index (χ1n) is 7.85. The van der Waals surface area contributed by atoms with E-state index in [1.807, 2.05) is 26.0 Å². The molecule has 2 N–H and O–H groups in total. The highest BCUT2D eigenvalue weighted by Crippen LogP contribution is 2.19. The second kappa shape index (κ2) is 7.78. The van der Waals surface area contributed by atoms with E-state index >= 15 is 0 Å². The number of nitrogens with one attached hydrogen (secondary N) is 1. The molecular weight excluding hydrogens is 264 g/mol. The number of aliphatic hydroxyl groups is 1. The average Bonchev–Trinajstić information content (AvgIpc) is 2.85. The van der Waals surface area contributed by atoms with E-state index in [1.165, 1.54) is 24.9 Å². The predicted octanol–water partition coefficient (Wildman–Crippen LogP) is 1.73. The van der Waals surface area contributed by atoms with Crippen LogP contribution < -0.4 is 10.1 Å². The topological polar surface area (TPSA) is 44.7 Å². The van der Waals surface area contributed by atoms with E-state index in [1.54, 1.807) is 0 Å². The van der Waals surface area contributed by atoms with E-state index in [4.69, 9.17) is 4.74 Å². The van der Waals surface area contributed by atoms with Gasteiger partial charge in [-0.15, -0.1) is 0 Å². The number of ether oxygens (including phenoxy) is 1. The second-order valence-corrected chi connectivity index (χ2v) is 6.17. The summed E-state index contributed by atoms with van der Waals surface area (Å²) in [6.45, 7) is 7.10. The molecule has 0 bridgehead atoms. The van der Waals surface area contributed by atoms with Gasteiger partial charge in [-0.2, -0.15) is 0 Å². The predicted molar refractivity (Wildman–Crippen MR) is 85.9 cm³/mol. The summed E-state index contributed by atoms with van der Waals surface area (Å²) in [4.78, 5) is 2.38. The fraction of sp³-hybridized carbons (Fsp3) is 0.647. The molecule has 1 aromatic carbocycles. The molecule has 1 aromatic rings. The van der Waals surface area contributed by atoms with Gasteiger partial charge in [0.15, 0.2) is 0 Å². The number of rotatable bonds is 7. The summed E-state index contributed by atoms with van der Waals surface area (Å²) in [6.07, 6.45) is 2.05. The minimum atomic E-state index is -0.475. The lowest BCUT2D eigenvalue weighted by Gasteiger charge is -2.21. The van der Waals surface area contributed by atoms with Gasteiger partial charge in [0, 0.05) is 19.1 Å². The molecule has 1 aliphatic rings. The molecule has 1 saturated heterocycles. The molecule has 0 aromatic heterocycles. The first kappa shape index (κ1) is 16.3. The molecule has 0 radical (unpaired) electrons. The Labute approximate surface area is 128 Å². The molecule has 118 valence electrons. The van der Waals surface area contributed by atoms with Crippen LogP contribution in [-0.2, 0) is 0 Å². The Hall–Kier alpha value is -1.10.